The third kappa shape index (κ3) is 2.24. The smallest absolute Gasteiger partial charge is 0.414 e. The summed E-state index contributed by atoms with van der Waals surface area (Å²) in [7, 11) is 0. The van der Waals surface area contributed by atoms with Gasteiger partial charge in [0.25, 0.3) is 5.88 Å². The Labute approximate surface area is 62.5 Å². The molecule has 0 aromatic carbocycles. The summed E-state index contributed by atoms with van der Waals surface area (Å²) in [6.45, 7) is 2.02. The van der Waals surface area contributed by atoms with Crippen LogP contribution in [0.15, 0.2) is 10.7 Å². The molecule has 11 heavy (non-hydrogen) atoms. The molecule has 1 aromatic rings. The largest absolute Gasteiger partial charge is 0.450 e. The first-order chi connectivity index (χ1) is 5.33. The fourth-order valence-electron chi connectivity index (χ4n) is 0.490. The Morgan fingerprint density at radius 2 is 2.73 bits per heavy atom. The summed E-state index contributed by atoms with van der Waals surface area (Å²) < 4.78 is 9.03. The van der Waals surface area contributed by atoms with E-state index in [4.69, 9.17) is 0 Å². The number of amides is 1. The Hall–Kier alpha value is -1.59. The van der Waals surface area contributed by atoms with Crippen molar-refractivity contribution < 1.29 is 14.1 Å². The summed E-state index contributed by atoms with van der Waals surface area (Å²) in [6, 6.07) is 0. The molecule has 0 saturated carbocycles. The number of aromatic nitrogens is 2. The van der Waals surface area contributed by atoms with Gasteiger partial charge >= 0.3 is 6.09 Å². The minimum absolute atomic E-state index is 0.170. The van der Waals surface area contributed by atoms with Crippen molar-refractivity contribution in [2.45, 2.75) is 6.92 Å². The summed E-state index contributed by atoms with van der Waals surface area (Å²) in [4.78, 5) is 10.7. The molecule has 0 spiro atoms. The van der Waals surface area contributed by atoms with E-state index in [1.807, 2.05) is 0 Å². The molecule has 0 radical (unpaired) electrons. The molecule has 1 rings (SSSR count). The van der Waals surface area contributed by atoms with Gasteiger partial charge in [-0.2, -0.15) is 0 Å². The standard InChI is InChI=1S/C5H7N3O3/c1-2-10-5(9)7-4-3-6-8-11-4/h3H,2H2,1H3,(H,7,9). The number of carbonyl (C=O) groups is 1. The Morgan fingerprint density at radius 3 is 3.27 bits per heavy atom. The number of ether oxygens (including phenoxy) is 1. The van der Waals surface area contributed by atoms with Crippen molar-refractivity contribution in [3.8, 4) is 0 Å². The Bertz CT molecular complexity index is 221. The van der Waals surface area contributed by atoms with E-state index in [9.17, 15) is 4.79 Å². The van der Waals surface area contributed by atoms with Crippen molar-refractivity contribution in [1.29, 1.82) is 0 Å². The molecule has 1 aromatic heterocycles. The predicted molar refractivity (Wildman–Crippen MR) is 34.9 cm³/mol. The number of nitrogens with zero attached hydrogens (tertiary/aromatic N) is 2. The average molecular weight is 157 g/mol. The van der Waals surface area contributed by atoms with Crippen LogP contribution in [0.25, 0.3) is 0 Å². The van der Waals surface area contributed by atoms with Crippen LogP contribution in [0, 0.1) is 0 Å². The first-order valence-corrected chi connectivity index (χ1v) is 3.04. The van der Waals surface area contributed by atoms with E-state index in [2.05, 4.69) is 24.9 Å². The lowest BCUT2D eigenvalue weighted by Crippen LogP contribution is -2.12. The minimum atomic E-state index is -0.578. The van der Waals surface area contributed by atoms with Crippen LogP contribution >= 0.6 is 0 Å². The number of hydrogen-bond acceptors (Lipinski definition) is 5. The Kier molecular flexibility index (Phi) is 2.42. The van der Waals surface area contributed by atoms with E-state index in [-0.39, 0.29) is 5.88 Å². The van der Waals surface area contributed by atoms with Crippen molar-refractivity contribution in [3.63, 3.8) is 0 Å². The minimum Gasteiger partial charge on any atom is -0.450 e. The van der Waals surface area contributed by atoms with E-state index < -0.39 is 6.09 Å². The molecule has 0 unspecified atom stereocenters. The van der Waals surface area contributed by atoms with Gasteiger partial charge in [-0.15, -0.1) is 5.10 Å². The maximum absolute atomic E-state index is 10.7. The van der Waals surface area contributed by atoms with Crippen molar-refractivity contribution in [2.24, 2.45) is 0 Å². The summed E-state index contributed by atoms with van der Waals surface area (Å²) in [5.41, 5.74) is 0. The lowest BCUT2D eigenvalue weighted by molar-refractivity contribution is 0.167. The molecule has 6 nitrogen and oxygen atoms in total. The van der Waals surface area contributed by atoms with Gasteiger partial charge in [0.1, 0.15) is 6.20 Å². The van der Waals surface area contributed by atoms with Crippen LogP contribution in [0.5, 0.6) is 0 Å². The van der Waals surface area contributed by atoms with Crippen LogP contribution in [0.3, 0.4) is 0 Å². The van der Waals surface area contributed by atoms with Gasteiger partial charge in [0.05, 0.1) is 6.61 Å². The highest BCUT2D eigenvalue weighted by molar-refractivity contribution is 5.82. The molecular formula is C5H7N3O3. The second kappa shape index (κ2) is 3.55. The maximum Gasteiger partial charge on any atom is 0.414 e. The van der Waals surface area contributed by atoms with Gasteiger partial charge in [-0.25, -0.2) is 4.79 Å². The fourth-order valence-corrected chi connectivity index (χ4v) is 0.490. The number of carbonyl (C=O) groups excluding carboxylic acids is 1. The molecular weight excluding hydrogens is 150 g/mol. The summed E-state index contributed by atoms with van der Waals surface area (Å²) >= 11 is 0. The normalized spacial score (nSPS) is 9.18. The lowest BCUT2D eigenvalue weighted by atomic mass is 10.8. The van der Waals surface area contributed by atoms with Gasteiger partial charge in [-0.05, 0) is 6.92 Å². The van der Waals surface area contributed by atoms with Crippen LogP contribution in [0.4, 0.5) is 10.7 Å². The van der Waals surface area contributed by atoms with Gasteiger partial charge < -0.3 is 9.26 Å². The van der Waals surface area contributed by atoms with Crippen molar-refractivity contribution >= 4 is 12.0 Å². The molecule has 1 amide bonds. The van der Waals surface area contributed by atoms with E-state index in [0.717, 1.165) is 0 Å². The highest BCUT2D eigenvalue weighted by atomic mass is 16.6. The number of hydrogen-bond donors (Lipinski definition) is 1. The number of anilines is 1. The highest BCUT2D eigenvalue weighted by Crippen LogP contribution is 2.00. The third-order valence-electron chi connectivity index (χ3n) is 0.862. The van der Waals surface area contributed by atoms with E-state index in [1.165, 1.54) is 6.20 Å². The second-order valence-electron chi connectivity index (χ2n) is 1.63. The quantitative estimate of drug-likeness (QED) is 0.681. The first-order valence-electron chi connectivity index (χ1n) is 3.04. The number of rotatable bonds is 2. The molecule has 60 valence electrons. The van der Waals surface area contributed by atoms with Gasteiger partial charge in [0, 0.05) is 5.27 Å². The predicted octanol–water partition coefficient (Wildman–Crippen LogP) is 0.638. The zero-order valence-electron chi connectivity index (χ0n) is 5.90. The molecule has 0 fully saturated rings. The molecule has 0 aliphatic rings. The Balaban J connectivity index is 2.37. The van der Waals surface area contributed by atoms with Crippen molar-refractivity contribution in [3.05, 3.63) is 6.20 Å². The molecule has 0 atom stereocenters. The van der Waals surface area contributed by atoms with Crippen LogP contribution < -0.4 is 5.32 Å². The van der Waals surface area contributed by atoms with Crippen LogP contribution in [-0.4, -0.2) is 23.1 Å². The third-order valence-corrected chi connectivity index (χ3v) is 0.862. The average Bonchev–Trinajstić information content (AvgIpc) is 2.40. The van der Waals surface area contributed by atoms with Gasteiger partial charge in [0.15, 0.2) is 0 Å². The van der Waals surface area contributed by atoms with Crippen LogP contribution in [0.1, 0.15) is 6.92 Å². The van der Waals surface area contributed by atoms with Gasteiger partial charge in [-0.3, -0.25) is 5.32 Å². The Morgan fingerprint density at radius 1 is 1.91 bits per heavy atom. The lowest BCUT2D eigenvalue weighted by Gasteiger charge is -1.98. The van der Waals surface area contributed by atoms with Crippen LogP contribution in [0.2, 0.25) is 0 Å². The highest BCUT2D eigenvalue weighted by Gasteiger charge is 2.03. The second-order valence-corrected chi connectivity index (χ2v) is 1.63. The maximum atomic E-state index is 10.7. The van der Waals surface area contributed by atoms with Gasteiger partial charge in [0.2, 0.25) is 0 Å². The molecule has 1 heterocycles. The summed E-state index contributed by atoms with van der Waals surface area (Å²) in [5.74, 6) is 0.170. The first kappa shape index (κ1) is 7.52. The zero-order valence-corrected chi connectivity index (χ0v) is 5.90. The van der Waals surface area contributed by atoms with Crippen molar-refractivity contribution in [1.82, 2.24) is 10.4 Å². The van der Waals surface area contributed by atoms with Gasteiger partial charge in [-0.1, -0.05) is 0 Å². The number of nitrogens with one attached hydrogen (secondary N) is 1. The molecule has 1 N–H and O–H groups in total. The molecule has 6 heteroatoms. The molecule has 0 aliphatic carbocycles. The summed E-state index contributed by atoms with van der Waals surface area (Å²) in [5, 5.41) is 8.76. The van der Waals surface area contributed by atoms with E-state index >= 15 is 0 Å². The molecule has 0 aliphatic heterocycles. The topological polar surface area (TPSA) is 77.2 Å². The monoisotopic (exact) mass is 157 g/mol. The SMILES string of the molecule is CCOC(=O)Nc1cnno1. The van der Waals surface area contributed by atoms with Crippen molar-refractivity contribution in [2.75, 3.05) is 11.9 Å². The molecule has 0 saturated heterocycles. The molecule has 0 bridgehead atoms. The summed E-state index contributed by atoms with van der Waals surface area (Å²) in [6.07, 6.45) is 0.697. The van der Waals surface area contributed by atoms with E-state index in [1.54, 1.807) is 6.92 Å². The zero-order chi connectivity index (χ0) is 8.10. The van der Waals surface area contributed by atoms with E-state index in [0.29, 0.717) is 6.61 Å². The van der Waals surface area contributed by atoms with Crippen LogP contribution in [-0.2, 0) is 4.74 Å². The fraction of sp³-hybridized carbons (Fsp3) is 0.400.